The molecule has 0 radical (unpaired) electrons. The van der Waals surface area contributed by atoms with E-state index in [1.54, 1.807) is 7.11 Å². The van der Waals surface area contributed by atoms with Crippen LogP contribution in [0.2, 0.25) is 0 Å². The zero-order chi connectivity index (χ0) is 18.5. The lowest BCUT2D eigenvalue weighted by atomic mass is 10.0. The molecule has 1 atom stereocenters. The third kappa shape index (κ3) is 4.48. The van der Waals surface area contributed by atoms with Gasteiger partial charge in [-0.2, -0.15) is 0 Å². The molecule has 26 heavy (non-hydrogen) atoms. The van der Waals surface area contributed by atoms with Crippen molar-refractivity contribution in [2.45, 2.75) is 25.4 Å². The second-order valence-corrected chi connectivity index (χ2v) is 6.66. The highest BCUT2D eigenvalue weighted by Crippen LogP contribution is 2.27. The number of ether oxygens (including phenoxy) is 1. The Labute approximate surface area is 153 Å². The molecule has 0 amide bonds. The summed E-state index contributed by atoms with van der Waals surface area (Å²) in [4.78, 5) is 14.4. The normalized spacial score (nSPS) is 17.4. The van der Waals surface area contributed by atoms with Gasteiger partial charge in [0.25, 0.3) is 0 Å². The van der Waals surface area contributed by atoms with E-state index in [9.17, 15) is 14.3 Å². The van der Waals surface area contributed by atoms with Crippen LogP contribution in [0, 0.1) is 5.82 Å². The second-order valence-electron chi connectivity index (χ2n) is 6.66. The van der Waals surface area contributed by atoms with Crippen molar-refractivity contribution in [3.05, 3.63) is 65.0 Å². The molecule has 0 saturated heterocycles. The van der Waals surface area contributed by atoms with E-state index in [-0.39, 0.29) is 11.6 Å². The fourth-order valence-corrected chi connectivity index (χ4v) is 3.41. The quantitative estimate of drug-likeness (QED) is 0.805. The number of ketones is 1. The molecule has 1 N–H and O–H groups in total. The van der Waals surface area contributed by atoms with Crippen LogP contribution >= 0.6 is 0 Å². The zero-order valence-electron chi connectivity index (χ0n) is 15.0. The number of benzene rings is 2. The molecule has 0 spiro atoms. The fourth-order valence-electron chi connectivity index (χ4n) is 3.41. The Bertz CT molecular complexity index is 760. The topological polar surface area (TPSA) is 49.8 Å². The maximum atomic E-state index is 12.9. The lowest BCUT2D eigenvalue weighted by Gasteiger charge is -2.21. The Morgan fingerprint density at radius 3 is 2.77 bits per heavy atom. The first-order valence-corrected chi connectivity index (χ1v) is 8.93. The third-order valence-electron chi connectivity index (χ3n) is 4.88. The number of hydrogen-bond donors (Lipinski definition) is 1. The number of Topliss-reactive ketones (excluding diaryl/α,β-unsaturated/α-hetero) is 1. The lowest BCUT2D eigenvalue weighted by Crippen LogP contribution is -2.29. The number of methoxy groups -OCH3 is 1. The molecule has 1 unspecified atom stereocenters. The average Bonchev–Trinajstić information content (AvgIpc) is 2.80. The monoisotopic (exact) mass is 357 g/mol. The van der Waals surface area contributed by atoms with E-state index in [0.717, 1.165) is 36.4 Å². The van der Waals surface area contributed by atoms with Gasteiger partial charge in [-0.05, 0) is 66.9 Å². The van der Waals surface area contributed by atoms with Crippen molar-refractivity contribution in [1.29, 1.82) is 0 Å². The van der Waals surface area contributed by atoms with E-state index in [0.29, 0.717) is 24.9 Å². The summed E-state index contributed by atoms with van der Waals surface area (Å²) < 4.78 is 18.2. The lowest BCUT2D eigenvalue weighted by molar-refractivity contribution is 0.0962. The molecule has 4 nitrogen and oxygen atoms in total. The number of β-amino-alcohol motifs (C(OH)–C–C–N with tert-alkyl or cyclic N) is 1. The number of carbonyl (C=O) groups is 1. The first kappa shape index (κ1) is 18.5. The van der Waals surface area contributed by atoms with Gasteiger partial charge in [0.2, 0.25) is 0 Å². The van der Waals surface area contributed by atoms with Crippen molar-refractivity contribution >= 4 is 5.78 Å². The molecule has 0 aliphatic carbocycles. The van der Waals surface area contributed by atoms with Gasteiger partial charge in [0.15, 0.2) is 5.78 Å². The first-order valence-electron chi connectivity index (χ1n) is 8.93. The Morgan fingerprint density at radius 2 is 2.04 bits per heavy atom. The standard InChI is InChI=1S/C21H24FNO3/c1-26-18-8-9-19-16(13-18)10-12-23(14-21(19)25)11-2-3-20(24)15-4-6-17(22)7-5-15/h4-9,13,21,25H,2-3,10-12,14H2,1H3. The molecule has 0 saturated carbocycles. The maximum absolute atomic E-state index is 12.9. The van der Waals surface area contributed by atoms with E-state index >= 15 is 0 Å². The van der Waals surface area contributed by atoms with Gasteiger partial charge in [0.05, 0.1) is 13.2 Å². The molecule has 3 rings (SSSR count). The molecular formula is C21H24FNO3. The molecular weight excluding hydrogens is 333 g/mol. The van der Waals surface area contributed by atoms with Gasteiger partial charge in [-0.25, -0.2) is 4.39 Å². The number of rotatable bonds is 6. The summed E-state index contributed by atoms with van der Waals surface area (Å²) >= 11 is 0. The van der Waals surface area contributed by atoms with Crippen LogP contribution < -0.4 is 4.74 Å². The van der Waals surface area contributed by atoms with E-state index < -0.39 is 6.10 Å². The average molecular weight is 357 g/mol. The minimum absolute atomic E-state index is 0.0217. The van der Waals surface area contributed by atoms with Crippen molar-refractivity contribution < 1.29 is 19.0 Å². The SMILES string of the molecule is COc1ccc2c(c1)CCN(CCCC(=O)c1ccc(F)cc1)CC2O. The van der Waals surface area contributed by atoms with Crippen LogP contribution in [0.1, 0.15) is 40.4 Å². The van der Waals surface area contributed by atoms with Crippen LogP contribution in [0.5, 0.6) is 5.75 Å². The Hall–Kier alpha value is -2.24. The van der Waals surface area contributed by atoms with Gasteiger partial charge >= 0.3 is 0 Å². The predicted octanol–water partition coefficient (Wildman–Crippen LogP) is 3.39. The molecule has 0 aromatic heterocycles. The van der Waals surface area contributed by atoms with Crippen molar-refractivity contribution in [2.24, 2.45) is 0 Å². The Kier molecular flexibility index (Phi) is 6.01. The molecule has 5 heteroatoms. The maximum Gasteiger partial charge on any atom is 0.162 e. The summed E-state index contributed by atoms with van der Waals surface area (Å²) in [5, 5.41) is 10.5. The van der Waals surface area contributed by atoms with Gasteiger partial charge < -0.3 is 14.7 Å². The number of carbonyl (C=O) groups excluding carboxylic acids is 1. The highest BCUT2D eigenvalue weighted by Gasteiger charge is 2.21. The van der Waals surface area contributed by atoms with E-state index in [4.69, 9.17) is 4.74 Å². The molecule has 2 aromatic carbocycles. The summed E-state index contributed by atoms with van der Waals surface area (Å²) in [7, 11) is 1.64. The fraction of sp³-hybridized carbons (Fsp3) is 0.381. The van der Waals surface area contributed by atoms with Crippen LogP contribution in [-0.4, -0.2) is 42.5 Å². The summed E-state index contributed by atoms with van der Waals surface area (Å²) in [5.41, 5.74) is 2.61. The number of nitrogens with zero attached hydrogens (tertiary/aromatic N) is 1. The highest BCUT2D eigenvalue weighted by atomic mass is 19.1. The number of aliphatic hydroxyl groups is 1. The Balaban J connectivity index is 1.53. The van der Waals surface area contributed by atoms with Crippen LogP contribution in [0.15, 0.2) is 42.5 Å². The number of fused-ring (bicyclic) bond motifs is 1. The van der Waals surface area contributed by atoms with E-state index in [2.05, 4.69) is 4.90 Å². The van der Waals surface area contributed by atoms with Crippen molar-refractivity contribution in [3.8, 4) is 5.75 Å². The minimum Gasteiger partial charge on any atom is -0.497 e. The van der Waals surface area contributed by atoms with Gasteiger partial charge in [-0.1, -0.05) is 6.07 Å². The van der Waals surface area contributed by atoms with Gasteiger partial charge in [0, 0.05) is 25.1 Å². The van der Waals surface area contributed by atoms with Crippen LogP contribution in [-0.2, 0) is 6.42 Å². The van der Waals surface area contributed by atoms with Crippen molar-refractivity contribution in [2.75, 3.05) is 26.7 Å². The minimum atomic E-state index is -0.536. The molecule has 0 fully saturated rings. The summed E-state index contributed by atoms with van der Waals surface area (Å²) in [6.45, 7) is 2.14. The van der Waals surface area contributed by atoms with Gasteiger partial charge in [0.1, 0.15) is 11.6 Å². The molecule has 1 aliphatic rings. The summed E-state index contributed by atoms with van der Waals surface area (Å²) in [5.74, 6) is 0.485. The highest BCUT2D eigenvalue weighted by molar-refractivity contribution is 5.95. The molecule has 1 aliphatic heterocycles. The summed E-state index contributed by atoms with van der Waals surface area (Å²) in [6, 6.07) is 11.5. The molecule has 138 valence electrons. The van der Waals surface area contributed by atoms with Crippen LogP contribution in [0.3, 0.4) is 0 Å². The van der Waals surface area contributed by atoms with Gasteiger partial charge in [-0.3, -0.25) is 4.79 Å². The molecule has 2 aromatic rings. The van der Waals surface area contributed by atoms with Crippen LogP contribution in [0.4, 0.5) is 4.39 Å². The van der Waals surface area contributed by atoms with Gasteiger partial charge in [-0.15, -0.1) is 0 Å². The largest absolute Gasteiger partial charge is 0.497 e. The Morgan fingerprint density at radius 1 is 1.27 bits per heavy atom. The first-order chi connectivity index (χ1) is 12.6. The predicted molar refractivity (Wildman–Crippen MR) is 98.1 cm³/mol. The molecule has 1 heterocycles. The number of hydrogen-bond acceptors (Lipinski definition) is 4. The van der Waals surface area contributed by atoms with E-state index in [1.807, 2.05) is 18.2 Å². The molecule has 0 bridgehead atoms. The van der Waals surface area contributed by atoms with E-state index in [1.165, 1.54) is 24.3 Å². The zero-order valence-corrected chi connectivity index (χ0v) is 15.0. The number of aliphatic hydroxyl groups excluding tert-OH is 1. The summed E-state index contributed by atoms with van der Waals surface area (Å²) in [6.07, 6.45) is 1.43. The third-order valence-corrected chi connectivity index (χ3v) is 4.88. The van der Waals surface area contributed by atoms with Crippen LogP contribution in [0.25, 0.3) is 0 Å². The van der Waals surface area contributed by atoms with Crippen molar-refractivity contribution in [1.82, 2.24) is 4.90 Å². The number of halogens is 1. The smallest absolute Gasteiger partial charge is 0.162 e. The second kappa shape index (κ2) is 8.43. The van der Waals surface area contributed by atoms with Crippen molar-refractivity contribution in [3.63, 3.8) is 0 Å².